The Morgan fingerprint density at radius 2 is 1.44 bits per heavy atom. The number of carbonyl (C=O) groups is 3. The van der Waals surface area contributed by atoms with Gasteiger partial charge < -0.3 is 49.3 Å². The lowest BCUT2D eigenvalue weighted by atomic mass is 9.97. The van der Waals surface area contributed by atoms with Crippen molar-refractivity contribution < 1.29 is 53.1 Å². The highest BCUT2D eigenvalue weighted by molar-refractivity contribution is 6.74. The number of ether oxygens (including phenoxy) is 4. The molecule has 1 heterocycles. The van der Waals surface area contributed by atoms with Crippen molar-refractivity contribution in [2.75, 3.05) is 26.4 Å². The minimum absolute atomic E-state index is 0.164. The summed E-state index contributed by atoms with van der Waals surface area (Å²) in [6.07, 6.45) is -8.45. The van der Waals surface area contributed by atoms with Crippen molar-refractivity contribution >= 4 is 96.1 Å². The fraction of sp³-hybridized carbons (Fsp3) is 0.857. The third-order valence-electron chi connectivity index (χ3n) is 6.15. The molecule has 0 bridgehead atoms. The number of nitrogens with one attached hydrogen (secondary N) is 2. The van der Waals surface area contributed by atoms with Crippen LogP contribution in [0.4, 0.5) is 9.59 Å². The number of hydrogen-bond donors (Lipinski definition) is 5. The summed E-state index contributed by atoms with van der Waals surface area (Å²) in [7, 11) is -2.33. The fourth-order valence-electron chi connectivity index (χ4n) is 2.89. The molecule has 1 aliphatic rings. The zero-order valence-electron chi connectivity index (χ0n) is 22.7. The van der Waals surface area contributed by atoms with Gasteiger partial charge in [0, 0.05) is 0 Å². The Kier molecular flexibility index (Phi) is 14.8. The van der Waals surface area contributed by atoms with Crippen LogP contribution in [0.15, 0.2) is 0 Å². The Labute approximate surface area is 268 Å². The summed E-state index contributed by atoms with van der Waals surface area (Å²) in [4.78, 5) is 36.0. The van der Waals surface area contributed by atoms with Crippen molar-refractivity contribution in [3.05, 3.63) is 0 Å². The summed E-state index contributed by atoms with van der Waals surface area (Å²) < 4.78 is 23.0. The highest BCUT2D eigenvalue weighted by Gasteiger charge is 2.48. The highest BCUT2D eigenvalue weighted by atomic mass is 35.6. The topological polar surface area (TPSA) is 182 Å². The molecule has 5 N–H and O–H groups in total. The lowest BCUT2D eigenvalue weighted by Gasteiger charge is -2.44. The van der Waals surface area contributed by atoms with E-state index in [0.717, 1.165) is 0 Å². The van der Waals surface area contributed by atoms with Gasteiger partial charge in [0.15, 0.2) is 20.6 Å². The Bertz CT molecular complexity index is 901. The molecule has 0 spiro atoms. The number of halogens is 6. The summed E-state index contributed by atoms with van der Waals surface area (Å²) >= 11 is 33.3. The Hall–Kier alpha value is -0.233. The summed E-state index contributed by atoms with van der Waals surface area (Å²) in [5.41, 5.74) is 0. The number of aliphatic hydroxyl groups excluding tert-OH is 2. The smallest absolute Gasteiger partial charge is 0.408 e. The first-order valence-electron chi connectivity index (χ1n) is 11.9. The lowest BCUT2D eigenvalue weighted by molar-refractivity contribution is -0.269. The van der Waals surface area contributed by atoms with Crippen molar-refractivity contribution in [3.63, 3.8) is 0 Å². The van der Waals surface area contributed by atoms with Crippen LogP contribution in [0.25, 0.3) is 0 Å². The average Bonchev–Trinajstić information content (AvgIpc) is 2.80. The minimum Gasteiger partial charge on any atom is -0.480 e. The van der Waals surface area contributed by atoms with Crippen LogP contribution in [0, 0.1) is 0 Å². The van der Waals surface area contributed by atoms with Gasteiger partial charge in [-0.05, 0) is 18.1 Å². The van der Waals surface area contributed by atoms with Gasteiger partial charge in [0.25, 0.3) is 0 Å². The molecule has 1 aliphatic heterocycles. The van der Waals surface area contributed by atoms with Gasteiger partial charge in [-0.3, -0.25) is 0 Å². The molecule has 13 nitrogen and oxygen atoms in total. The largest absolute Gasteiger partial charge is 0.480 e. The van der Waals surface area contributed by atoms with Gasteiger partial charge in [0.2, 0.25) is 7.59 Å². The van der Waals surface area contributed by atoms with E-state index in [1.54, 1.807) is 0 Å². The van der Waals surface area contributed by atoms with Crippen molar-refractivity contribution in [2.45, 2.75) is 83.2 Å². The Morgan fingerprint density at radius 1 is 0.927 bits per heavy atom. The number of carboxylic acid groups (broad SMARTS) is 1. The second-order valence-electron chi connectivity index (χ2n) is 10.5. The molecule has 41 heavy (non-hydrogen) atoms. The molecular formula is C21H34Cl6N2O11Si. The van der Waals surface area contributed by atoms with Crippen LogP contribution in [0.2, 0.25) is 18.1 Å². The number of alkyl halides is 6. The number of amides is 2. The van der Waals surface area contributed by atoms with Crippen LogP contribution in [0.1, 0.15) is 20.8 Å². The second kappa shape index (κ2) is 15.7. The molecular weight excluding hydrogens is 697 g/mol. The maximum Gasteiger partial charge on any atom is 0.408 e. The Balaban J connectivity index is 3.09. The van der Waals surface area contributed by atoms with Crippen molar-refractivity contribution in [1.29, 1.82) is 0 Å². The van der Waals surface area contributed by atoms with Crippen LogP contribution < -0.4 is 10.6 Å². The monoisotopic (exact) mass is 728 g/mol. The molecule has 0 aromatic carbocycles. The first-order chi connectivity index (χ1) is 18.4. The zero-order valence-corrected chi connectivity index (χ0v) is 28.2. The van der Waals surface area contributed by atoms with E-state index in [2.05, 4.69) is 10.1 Å². The van der Waals surface area contributed by atoms with Gasteiger partial charge in [0.05, 0.1) is 13.2 Å². The normalized spacial score (nSPS) is 24.8. The maximum atomic E-state index is 12.3. The molecule has 6 atom stereocenters. The van der Waals surface area contributed by atoms with E-state index in [1.165, 1.54) is 0 Å². The number of rotatable bonds is 11. The quantitative estimate of drug-likeness (QED) is 0.155. The van der Waals surface area contributed by atoms with Gasteiger partial charge in [-0.1, -0.05) is 90.4 Å². The van der Waals surface area contributed by atoms with Crippen LogP contribution in [-0.2, 0) is 28.2 Å². The predicted octanol–water partition coefficient (Wildman–Crippen LogP) is 3.49. The number of carbonyl (C=O) groups excluding carboxylic acids is 2. The van der Waals surface area contributed by atoms with E-state index in [1.807, 2.05) is 39.2 Å². The van der Waals surface area contributed by atoms with Crippen LogP contribution in [0.5, 0.6) is 0 Å². The van der Waals surface area contributed by atoms with E-state index >= 15 is 0 Å². The molecule has 20 heteroatoms. The molecule has 240 valence electrons. The molecule has 5 unspecified atom stereocenters. The number of aliphatic hydroxyl groups is 2. The minimum atomic E-state index is -2.33. The Morgan fingerprint density at radius 3 is 1.90 bits per heavy atom. The van der Waals surface area contributed by atoms with E-state index in [4.69, 9.17) is 88.2 Å². The first-order valence-corrected chi connectivity index (χ1v) is 17.1. The SMILES string of the molecule is CC(C)(C)[Si](C)(C)OCC1OC(OC[C@@H](NC(=O)OCC(Cl)(Cl)Cl)C(=O)O)C(NC(=O)OCC(Cl)(Cl)Cl)C(O)C1O. The standard InChI is InChI=1S/C21H34Cl6N2O11Si/c1-19(2,3)41(4,5)39-7-11-13(30)14(31)12(29-18(35)38-9-21(25,26)27)16(40-11)36-6-10(15(32)33)28-17(34)37-8-20(22,23)24/h10-14,16,30-31H,6-9H2,1-5H3,(H,28,34)(H,29,35)(H,32,33)/t10-,11?,12?,13?,14?,16?/m1/s1. The summed E-state index contributed by atoms with van der Waals surface area (Å²) in [5.74, 6) is -1.54. The molecule has 0 radical (unpaired) electrons. The third-order valence-corrected chi connectivity index (χ3v) is 11.3. The van der Waals surface area contributed by atoms with E-state index in [0.29, 0.717) is 0 Å². The van der Waals surface area contributed by atoms with E-state index in [9.17, 15) is 29.7 Å². The predicted molar refractivity (Wildman–Crippen MR) is 155 cm³/mol. The van der Waals surface area contributed by atoms with Crippen LogP contribution in [0.3, 0.4) is 0 Å². The molecule has 0 aromatic rings. The van der Waals surface area contributed by atoms with Crippen LogP contribution >= 0.6 is 69.6 Å². The molecule has 1 fully saturated rings. The summed E-state index contributed by atoms with van der Waals surface area (Å²) in [6.45, 7) is 7.66. The fourth-order valence-corrected chi connectivity index (χ4v) is 4.24. The number of hydrogen-bond acceptors (Lipinski definition) is 10. The summed E-state index contributed by atoms with van der Waals surface area (Å²) in [6, 6.07) is -3.23. The molecule has 1 saturated heterocycles. The molecule has 1 rings (SSSR count). The van der Waals surface area contributed by atoms with Gasteiger partial charge in [0.1, 0.15) is 37.6 Å². The van der Waals surface area contributed by atoms with Crippen molar-refractivity contribution in [3.8, 4) is 0 Å². The van der Waals surface area contributed by atoms with E-state index in [-0.39, 0.29) is 11.6 Å². The number of aliphatic carboxylic acids is 1. The van der Waals surface area contributed by atoms with Gasteiger partial charge in [-0.15, -0.1) is 0 Å². The van der Waals surface area contributed by atoms with E-state index < -0.39 is 90.6 Å². The molecule has 0 aromatic heterocycles. The van der Waals surface area contributed by atoms with Crippen molar-refractivity contribution in [2.24, 2.45) is 0 Å². The maximum absolute atomic E-state index is 12.3. The second-order valence-corrected chi connectivity index (χ2v) is 20.4. The number of alkyl carbamates (subject to hydrolysis) is 2. The van der Waals surface area contributed by atoms with Crippen molar-refractivity contribution in [1.82, 2.24) is 10.6 Å². The van der Waals surface area contributed by atoms with Gasteiger partial charge in [-0.25, -0.2) is 14.4 Å². The third kappa shape index (κ3) is 13.9. The van der Waals surface area contributed by atoms with Gasteiger partial charge in [-0.2, -0.15) is 0 Å². The molecule has 2 amide bonds. The van der Waals surface area contributed by atoms with Crippen LogP contribution in [-0.4, -0.2) is 112 Å². The lowest BCUT2D eigenvalue weighted by Crippen LogP contribution is -2.65. The number of carboxylic acids is 1. The average molecular weight is 731 g/mol. The highest BCUT2D eigenvalue weighted by Crippen LogP contribution is 2.37. The summed E-state index contributed by atoms with van der Waals surface area (Å²) in [5, 5.41) is 35.2. The zero-order chi connectivity index (χ0) is 32.0. The molecule has 0 saturated carbocycles. The van der Waals surface area contributed by atoms with Gasteiger partial charge >= 0.3 is 18.2 Å². The first kappa shape index (κ1) is 38.8. The molecule has 0 aliphatic carbocycles.